The fourth-order valence-electron chi connectivity index (χ4n) is 1.68. The lowest BCUT2D eigenvalue weighted by Gasteiger charge is -2.24. The van der Waals surface area contributed by atoms with Crippen molar-refractivity contribution in [3.63, 3.8) is 0 Å². The van der Waals surface area contributed by atoms with Crippen molar-refractivity contribution in [1.82, 2.24) is 0 Å². The molecule has 0 amide bonds. The highest BCUT2D eigenvalue weighted by Crippen LogP contribution is 2.39. The average Bonchev–Trinajstić information content (AvgIpc) is 2.35. The van der Waals surface area contributed by atoms with Crippen LogP contribution < -0.4 is 0 Å². The molecule has 1 aromatic carbocycles. The number of halogens is 6. The maximum atomic E-state index is 12.9. The number of ketones is 1. The molecule has 0 saturated heterocycles. The van der Waals surface area contributed by atoms with Crippen molar-refractivity contribution in [3.8, 4) is 0 Å². The summed E-state index contributed by atoms with van der Waals surface area (Å²) in [6.45, 7) is 4.38. The van der Waals surface area contributed by atoms with Gasteiger partial charge in [-0.15, -0.1) is 0 Å². The molecule has 0 aromatic heterocycles. The van der Waals surface area contributed by atoms with Crippen molar-refractivity contribution in [2.45, 2.75) is 39.5 Å². The Balaban J connectivity index is 3.55. The van der Waals surface area contributed by atoms with E-state index in [2.05, 4.69) is 0 Å². The first-order valence-electron chi connectivity index (χ1n) is 6.14. The summed E-state index contributed by atoms with van der Waals surface area (Å²) in [7, 11) is 0. The molecule has 0 saturated carbocycles. The highest BCUT2D eigenvalue weighted by molar-refractivity contribution is 6.01. The van der Waals surface area contributed by atoms with E-state index in [4.69, 9.17) is 0 Å². The third kappa shape index (κ3) is 3.77. The summed E-state index contributed by atoms with van der Waals surface area (Å²) in [5.74, 6) is -0.955. The molecule has 0 unspecified atom stereocenters. The van der Waals surface area contributed by atoms with Gasteiger partial charge >= 0.3 is 12.4 Å². The Morgan fingerprint density at radius 2 is 1.52 bits per heavy atom. The molecule has 21 heavy (non-hydrogen) atoms. The van der Waals surface area contributed by atoms with E-state index in [9.17, 15) is 31.1 Å². The second-order valence-corrected chi connectivity index (χ2v) is 5.32. The van der Waals surface area contributed by atoms with Gasteiger partial charge in [0, 0.05) is 11.0 Å². The van der Waals surface area contributed by atoms with Crippen LogP contribution in [0, 0.1) is 5.41 Å². The van der Waals surface area contributed by atoms with Crippen LogP contribution in [0.2, 0.25) is 0 Å². The minimum Gasteiger partial charge on any atom is -0.294 e. The number of carbonyl (C=O) groups is 1. The Morgan fingerprint density at radius 3 is 1.90 bits per heavy atom. The van der Waals surface area contributed by atoms with E-state index in [1.807, 2.05) is 0 Å². The highest BCUT2D eigenvalue weighted by Gasteiger charge is 2.40. The molecule has 0 aliphatic heterocycles. The van der Waals surface area contributed by atoms with Crippen molar-refractivity contribution in [2.75, 3.05) is 0 Å². The lowest BCUT2D eigenvalue weighted by atomic mass is 9.80. The lowest BCUT2D eigenvalue weighted by molar-refractivity contribution is -0.141. The van der Waals surface area contributed by atoms with Crippen LogP contribution in [-0.4, -0.2) is 5.78 Å². The quantitative estimate of drug-likeness (QED) is 0.543. The molecule has 0 spiro atoms. The maximum absolute atomic E-state index is 12.9. The van der Waals surface area contributed by atoms with Gasteiger partial charge in [0.15, 0.2) is 5.78 Å². The van der Waals surface area contributed by atoms with Gasteiger partial charge in [0.1, 0.15) is 0 Å². The van der Waals surface area contributed by atoms with Crippen LogP contribution in [0.5, 0.6) is 0 Å². The second kappa shape index (κ2) is 5.35. The van der Waals surface area contributed by atoms with Gasteiger partial charge in [0.25, 0.3) is 0 Å². The minimum absolute atomic E-state index is 0.208. The lowest BCUT2D eigenvalue weighted by Crippen LogP contribution is -2.27. The van der Waals surface area contributed by atoms with Crippen LogP contribution in [0.4, 0.5) is 26.3 Å². The van der Waals surface area contributed by atoms with E-state index in [-0.39, 0.29) is 12.5 Å². The van der Waals surface area contributed by atoms with Crippen LogP contribution in [0.1, 0.15) is 48.7 Å². The fraction of sp³-hybridized carbons (Fsp3) is 0.500. The largest absolute Gasteiger partial charge is 0.417 e. The summed E-state index contributed by atoms with van der Waals surface area (Å²) < 4.78 is 76.6. The molecule has 118 valence electrons. The third-order valence-electron chi connectivity index (χ3n) is 3.40. The van der Waals surface area contributed by atoms with E-state index < -0.39 is 40.2 Å². The summed E-state index contributed by atoms with van der Waals surface area (Å²) in [4.78, 5) is 12.2. The molecule has 0 N–H and O–H groups in total. The SMILES string of the molecule is CCC(C)(C)C(=O)c1cc(C(F)(F)F)ccc1C(F)(F)F. The molecule has 0 aliphatic carbocycles. The molecule has 0 aliphatic rings. The smallest absolute Gasteiger partial charge is 0.294 e. The van der Waals surface area contributed by atoms with E-state index in [0.717, 1.165) is 0 Å². The Labute approximate surface area is 118 Å². The number of benzene rings is 1. The Kier molecular flexibility index (Phi) is 4.46. The van der Waals surface area contributed by atoms with Gasteiger partial charge in [-0.1, -0.05) is 20.8 Å². The Morgan fingerprint density at radius 1 is 1.00 bits per heavy atom. The number of hydrogen-bond acceptors (Lipinski definition) is 1. The molecule has 1 aromatic rings. The first-order valence-corrected chi connectivity index (χ1v) is 6.14. The molecule has 7 heteroatoms. The molecular formula is C14H14F6O. The van der Waals surface area contributed by atoms with Gasteiger partial charge < -0.3 is 0 Å². The van der Waals surface area contributed by atoms with Crippen LogP contribution in [0.15, 0.2) is 18.2 Å². The van der Waals surface area contributed by atoms with Crippen molar-refractivity contribution in [1.29, 1.82) is 0 Å². The van der Waals surface area contributed by atoms with Crippen molar-refractivity contribution in [2.24, 2.45) is 5.41 Å². The van der Waals surface area contributed by atoms with E-state index >= 15 is 0 Å². The maximum Gasteiger partial charge on any atom is 0.417 e. The molecule has 0 bridgehead atoms. The van der Waals surface area contributed by atoms with Crippen molar-refractivity contribution in [3.05, 3.63) is 34.9 Å². The predicted octanol–water partition coefficient (Wildman–Crippen LogP) is 5.34. The summed E-state index contributed by atoms with van der Waals surface area (Å²) in [5.41, 5.74) is -4.73. The van der Waals surface area contributed by atoms with Crippen LogP contribution in [0.25, 0.3) is 0 Å². The molecule has 1 rings (SSSR count). The van der Waals surface area contributed by atoms with Crippen molar-refractivity contribution < 1.29 is 31.1 Å². The van der Waals surface area contributed by atoms with Gasteiger partial charge in [-0.05, 0) is 24.6 Å². The summed E-state index contributed by atoms with van der Waals surface area (Å²) in [6, 6.07) is 0.920. The number of rotatable bonds is 3. The molecule has 0 atom stereocenters. The second-order valence-electron chi connectivity index (χ2n) is 5.32. The minimum atomic E-state index is -4.89. The average molecular weight is 312 g/mol. The highest BCUT2D eigenvalue weighted by atomic mass is 19.4. The Bertz CT molecular complexity index is 539. The first kappa shape index (κ1) is 17.5. The monoisotopic (exact) mass is 312 g/mol. The number of Topliss-reactive ketones (excluding diaryl/α,β-unsaturated/α-hetero) is 1. The van der Waals surface area contributed by atoms with E-state index in [1.165, 1.54) is 13.8 Å². The zero-order valence-corrected chi connectivity index (χ0v) is 11.6. The zero-order chi connectivity index (χ0) is 16.6. The standard InChI is InChI=1S/C14H14F6O/c1-4-12(2,3)11(21)9-7-8(13(15,16)17)5-6-10(9)14(18,19)20/h5-7H,4H2,1-3H3. The van der Waals surface area contributed by atoms with Gasteiger partial charge in [0.2, 0.25) is 0 Å². The van der Waals surface area contributed by atoms with Gasteiger partial charge in [-0.3, -0.25) is 4.79 Å². The number of alkyl halides is 6. The van der Waals surface area contributed by atoms with Gasteiger partial charge in [-0.25, -0.2) is 0 Å². The zero-order valence-electron chi connectivity index (χ0n) is 11.6. The van der Waals surface area contributed by atoms with Crippen molar-refractivity contribution >= 4 is 5.78 Å². The number of hydrogen-bond donors (Lipinski definition) is 0. The molecular weight excluding hydrogens is 298 g/mol. The fourth-order valence-corrected chi connectivity index (χ4v) is 1.68. The summed E-state index contributed by atoms with van der Waals surface area (Å²) >= 11 is 0. The van der Waals surface area contributed by atoms with Crippen LogP contribution >= 0.6 is 0 Å². The van der Waals surface area contributed by atoms with E-state index in [0.29, 0.717) is 12.1 Å². The number of carbonyl (C=O) groups excluding carboxylic acids is 1. The third-order valence-corrected chi connectivity index (χ3v) is 3.40. The predicted molar refractivity (Wildman–Crippen MR) is 64.8 cm³/mol. The topological polar surface area (TPSA) is 17.1 Å². The van der Waals surface area contributed by atoms with Gasteiger partial charge in [0.05, 0.1) is 11.1 Å². The summed E-state index contributed by atoms with van der Waals surface area (Å²) in [6.07, 6.45) is -9.49. The molecule has 0 fully saturated rings. The molecule has 0 radical (unpaired) electrons. The summed E-state index contributed by atoms with van der Waals surface area (Å²) in [5, 5.41) is 0. The molecule has 0 heterocycles. The van der Waals surface area contributed by atoms with Crippen LogP contribution in [-0.2, 0) is 12.4 Å². The molecule has 1 nitrogen and oxygen atoms in total. The Hall–Kier alpha value is -1.53. The normalized spacial score (nSPS) is 13.4. The first-order chi connectivity index (χ1) is 9.30. The van der Waals surface area contributed by atoms with E-state index in [1.54, 1.807) is 6.92 Å². The van der Waals surface area contributed by atoms with Crippen LogP contribution in [0.3, 0.4) is 0 Å². The van der Waals surface area contributed by atoms with Gasteiger partial charge in [-0.2, -0.15) is 26.3 Å².